The molecule has 0 aliphatic heterocycles. The number of nitrogens with one attached hydrogen (secondary N) is 3. The summed E-state index contributed by atoms with van der Waals surface area (Å²) in [7, 11) is 0. The van der Waals surface area contributed by atoms with E-state index in [2.05, 4.69) is 16.0 Å². The summed E-state index contributed by atoms with van der Waals surface area (Å²) in [6, 6.07) is -3.09. The lowest BCUT2D eigenvalue weighted by Gasteiger charge is -2.27. The molecule has 0 saturated heterocycles. The quantitative estimate of drug-likeness (QED) is 0.156. The summed E-state index contributed by atoms with van der Waals surface area (Å²) in [4.78, 5) is 47.6. The third kappa shape index (κ3) is 9.62. The number of unbranched alkanes of at least 4 members (excludes halogenated alkanes) is 1. The van der Waals surface area contributed by atoms with Crippen molar-refractivity contribution in [2.24, 2.45) is 17.4 Å². The first-order chi connectivity index (χ1) is 13.2. The minimum Gasteiger partial charge on any atom is -0.480 e. The first-order valence-electron chi connectivity index (χ1n) is 9.34. The fourth-order valence-corrected chi connectivity index (χ4v) is 2.35. The molecular weight excluding hydrogens is 370 g/mol. The lowest BCUT2D eigenvalue weighted by Crippen LogP contribution is -2.58. The van der Waals surface area contributed by atoms with Gasteiger partial charge in [-0.2, -0.15) is 0 Å². The standard InChI is InChI=1S/C17H33N5O6/c1-3-10(2)14(22-15(26)11(19)9-23)17(28)21-12(6-4-5-7-18)16(27)20-8-13(24)25/h10-12,14,23H,3-9,18-19H2,1-2H3,(H,20,27)(H,21,28)(H,22,26)(H,24,25). The van der Waals surface area contributed by atoms with Crippen LogP contribution in [0.15, 0.2) is 0 Å². The highest BCUT2D eigenvalue weighted by Crippen LogP contribution is 2.10. The topological polar surface area (TPSA) is 197 Å². The van der Waals surface area contributed by atoms with Gasteiger partial charge >= 0.3 is 5.97 Å². The maximum Gasteiger partial charge on any atom is 0.322 e. The number of carbonyl (C=O) groups is 4. The monoisotopic (exact) mass is 403 g/mol. The number of carboxylic acids is 1. The largest absolute Gasteiger partial charge is 0.480 e. The molecule has 4 unspecified atom stereocenters. The second-order valence-electron chi connectivity index (χ2n) is 6.62. The van der Waals surface area contributed by atoms with E-state index in [1.165, 1.54) is 0 Å². The third-order valence-corrected chi connectivity index (χ3v) is 4.32. The van der Waals surface area contributed by atoms with E-state index in [1.807, 2.05) is 6.92 Å². The van der Waals surface area contributed by atoms with Gasteiger partial charge in [0.1, 0.15) is 24.7 Å². The molecule has 0 bridgehead atoms. The third-order valence-electron chi connectivity index (χ3n) is 4.32. The van der Waals surface area contributed by atoms with Crippen LogP contribution in [0.1, 0.15) is 39.5 Å². The Labute approximate surface area is 164 Å². The molecule has 0 radical (unpaired) electrons. The smallest absolute Gasteiger partial charge is 0.322 e. The first-order valence-corrected chi connectivity index (χ1v) is 9.34. The minimum atomic E-state index is -1.21. The van der Waals surface area contributed by atoms with E-state index in [0.717, 1.165) is 0 Å². The maximum atomic E-state index is 12.7. The van der Waals surface area contributed by atoms with Crippen molar-refractivity contribution in [2.75, 3.05) is 19.7 Å². The van der Waals surface area contributed by atoms with Gasteiger partial charge in [0.05, 0.1) is 6.61 Å². The number of carbonyl (C=O) groups excluding carboxylic acids is 3. The lowest BCUT2D eigenvalue weighted by molar-refractivity contribution is -0.138. The Morgan fingerprint density at radius 1 is 1.04 bits per heavy atom. The average Bonchev–Trinajstić information content (AvgIpc) is 2.67. The highest BCUT2D eigenvalue weighted by Gasteiger charge is 2.30. The SMILES string of the molecule is CCC(C)C(NC(=O)C(N)CO)C(=O)NC(CCCCN)C(=O)NCC(=O)O. The summed E-state index contributed by atoms with van der Waals surface area (Å²) in [6.07, 6.45) is 2.02. The van der Waals surface area contributed by atoms with E-state index >= 15 is 0 Å². The molecule has 0 spiro atoms. The van der Waals surface area contributed by atoms with E-state index < -0.39 is 55.0 Å². The van der Waals surface area contributed by atoms with E-state index in [4.69, 9.17) is 21.7 Å². The molecule has 0 aromatic carbocycles. The number of aliphatic hydroxyl groups is 1. The normalized spacial score (nSPS) is 15.0. The number of aliphatic carboxylic acids is 1. The van der Waals surface area contributed by atoms with E-state index in [0.29, 0.717) is 25.8 Å². The summed E-state index contributed by atoms with van der Waals surface area (Å²) >= 11 is 0. The Kier molecular flexibility index (Phi) is 12.7. The predicted octanol–water partition coefficient (Wildman–Crippen LogP) is -2.35. The van der Waals surface area contributed by atoms with Crippen LogP contribution in [-0.2, 0) is 19.2 Å². The van der Waals surface area contributed by atoms with Gasteiger partial charge in [0.15, 0.2) is 0 Å². The van der Waals surface area contributed by atoms with Crippen molar-refractivity contribution < 1.29 is 29.4 Å². The molecular formula is C17H33N5O6. The fourth-order valence-electron chi connectivity index (χ4n) is 2.35. The second kappa shape index (κ2) is 13.9. The molecule has 9 N–H and O–H groups in total. The van der Waals surface area contributed by atoms with Crippen LogP contribution in [0.5, 0.6) is 0 Å². The van der Waals surface area contributed by atoms with Crippen molar-refractivity contribution in [3.8, 4) is 0 Å². The van der Waals surface area contributed by atoms with Crippen LogP contribution in [0.3, 0.4) is 0 Å². The summed E-state index contributed by atoms with van der Waals surface area (Å²) in [5.41, 5.74) is 10.9. The molecule has 11 nitrogen and oxygen atoms in total. The Morgan fingerprint density at radius 2 is 1.68 bits per heavy atom. The zero-order valence-electron chi connectivity index (χ0n) is 16.4. The van der Waals surface area contributed by atoms with Crippen LogP contribution in [0.4, 0.5) is 0 Å². The van der Waals surface area contributed by atoms with Gasteiger partial charge in [-0.15, -0.1) is 0 Å². The van der Waals surface area contributed by atoms with Gasteiger partial charge in [-0.05, 0) is 31.7 Å². The van der Waals surface area contributed by atoms with Gasteiger partial charge in [-0.25, -0.2) is 0 Å². The van der Waals surface area contributed by atoms with Gasteiger partial charge in [0.2, 0.25) is 17.7 Å². The van der Waals surface area contributed by atoms with Crippen molar-refractivity contribution in [3.63, 3.8) is 0 Å². The first kappa shape index (κ1) is 25.8. The maximum absolute atomic E-state index is 12.7. The molecule has 162 valence electrons. The molecule has 0 aromatic heterocycles. The van der Waals surface area contributed by atoms with Crippen LogP contribution in [0.2, 0.25) is 0 Å². The predicted molar refractivity (Wildman–Crippen MR) is 102 cm³/mol. The number of aliphatic hydroxyl groups excluding tert-OH is 1. The van der Waals surface area contributed by atoms with Crippen molar-refractivity contribution >= 4 is 23.7 Å². The zero-order valence-corrected chi connectivity index (χ0v) is 16.4. The van der Waals surface area contributed by atoms with Gasteiger partial charge < -0.3 is 37.6 Å². The van der Waals surface area contributed by atoms with E-state index in [-0.39, 0.29) is 12.3 Å². The average molecular weight is 403 g/mol. The van der Waals surface area contributed by atoms with Crippen molar-refractivity contribution in [2.45, 2.75) is 57.7 Å². The molecule has 0 fully saturated rings. The summed E-state index contributed by atoms with van der Waals surface area (Å²) in [6.45, 7) is 2.87. The van der Waals surface area contributed by atoms with Gasteiger partial charge in [0.25, 0.3) is 0 Å². The summed E-state index contributed by atoms with van der Waals surface area (Å²) in [5.74, 6) is -3.37. The van der Waals surface area contributed by atoms with Crippen LogP contribution in [0, 0.1) is 5.92 Å². The van der Waals surface area contributed by atoms with Crippen LogP contribution >= 0.6 is 0 Å². The molecule has 28 heavy (non-hydrogen) atoms. The number of amides is 3. The van der Waals surface area contributed by atoms with Crippen LogP contribution in [-0.4, -0.2) is 71.7 Å². The van der Waals surface area contributed by atoms with Crippen molar-refractivity contribution in [1.82, 2.24) is 16.0 Å². The molecule has 0 aliphatic carbocycles. The van der Waals surface area contributed by atoms with E-state index in [9.17, 15) is 19.2 Å². The lowest BCUT2D eigenvalue weighted by atomic mass is 9.97. The summed E-state index contributed by atoms with van der Waals surface area (Å²) in [5, 5.41) is 25.0. The number of carboxylic acid groups (broad SMARTS) is 1. The number of hydrogen-bond acceptors (Lipinski definition) is 7. The zero-order chi connectivity index (χ0) is 21.7. The molecule has 3 amide bonds. The number of hydrogen-bond donors (Lipinski definition) is 7. The van der Waals surface area contributed by atoms with Gasteiger partial charge in [-0.1, -0.05) is 20.3 Å². The molecule has 0 heterocycles. The fraction of sp³-hybridized carbons (Fsp3) is 0.765. The molecule has 11 heteroatoms. The highest BCUT2D eigenvalue weighted by atomic mass is 16.4. The molecule has 0 saturated carbocycles. The van der Waals surface area contributed by atoms with Crippen LogP contribution in [0.25, 0.3) is 0 Å². The number of rotatable bonds is 14. The Bertz CT molecular complexity index is 530. The van der Waals surface area contributed by atoms with Gasteiger partial charge in [-0.3, -0.25) is 19.2 Å². The van der Waals surface area contributed by atoms with Gasteiger partial charge in [0, 0.05) is 0 Å². The molecule has 4 atom stereocenters. The Hall–Kier alpha value is -2.24. The Morgan fingerprint density at radius 3 is 2.18 bits per heavy atom. The Balaban J connectivity index is 5.21. The minimum absolute atomic E-state index is 0.262. The van der Waals surface area contributed by atoms with Crippen molar-refractivity contribution in [3.05, 3.63) is 0 Å². The van der Waals surface area contributed by atoms with Crippen molar-refractivity contribution in [1.29, 1.82) is 0 Å². The molecule has 0 rings (SSSR count). The number of nitrogens with two attached hydrogens (primary N) is 2. The van der Waals surface area contributed by atoms with Crippen LogP contribution < -0.4 is 27.4 Å². The second-order valence-corrected chi connectivity index (χ2v) is 6.62. The van der Waals surface area contributed by atoms with E-state index in [1.54, 1.807) is 6.92 Å². The molecule has 0 aromatic rings. The molecule has 0 aliphatic rings. The highest BCUT2D eigenvalue weighted by molar-refractivity contribution is 5.93. The summed E-state index contributed by atoms with van der Waals surface area (Å²) < 4.78 is 0.